The minimum Gasteiger partial charge on any atom is -0.484 e. The molecule has 1 amide bonds. The van der Waals surface area contributed by atoms with Crippen LogP contribution in [0.25, 0.3) is 0 Å². The lowest BCUT2D eigenvalue weighted by Crippen LogP contribution is -2.31. The summed E-state index contributed by atoms with van der Waals surface area (Å²) in [5.41, 5.74) is 0. The first kappa shape index (κ1) is 17.7. The Balaban J connectivity index is 1.88. The zero-order chi connectivity index (χ0) is 16.7. The van der Waals surface area contributed by atoms with Gasteiger partial charge in [-0.25, -0.2) is 8.42 Å². The first-order valence-electron chi connectivity index (χ1n) is 7.52. The summed E-state index contributed by atoms with van der Waals surface area (Å²) in [7, 11) is -1.86. The van der Waals surface area contributed by atoms with Crippen molar-refractivity contribution in [2.75, 3.05) is 40.0 Å². The second-order valence-electron chi connectivity index (χ2n) is 5.21. The van der Waals surface area contributed by atoms with Gasteiger partial charge in [0.25, 0.3) is 5.91 Å². The first-order valence-corrected chi connectivity index (χ1v) is 8.96. The van der Waals surface area contributed by atoms with Crippen LogP contribution in [0.3, 0.4) is 0 Å². The van der Waals surface area contributed by atoms with Gasteiger partial charge in [0.15, 0.2) is 6.61 Å². The van der Waals surface area contributed by atoms with Crippen LogP contribution in [0, 0.1) is 0 Å². The number of hydrogen-bond acceptors (Lipinski definition) is 5. The number of nitrogens with one attached hydrogen (secondary N) is 1. The summed E-state index contributed by atoms with van der Waals surface area (Å²) in [6.45, 7) is 1.88. The lowest BCUT2D eigenvalue weighted by atomic mass is 10.3. The molecule has 1 aliphatic rings. The number of ether oxygens (including phenoxy) is 2. The van der Waals surface area contributed by atoms with E-state index in [2.05, 4.69) is 5.32 Å². The molecule has 1 N–H and O–H groups in total. The van der Waals surface area contributed by atoms with E-state index < -0.39 is 10.0 Å². The van der Waals surface area contributed by atoms with Gasteiger partial charge in [0.1, 0.15) is 5.75 Å². The number of carbonyl (C=O) groups excluding carboxylic acids is 1. The summed E-state index contributed by atoms with van der Waals surface area (Å²) in [5, 5.41) is 2.64. The second-order valence-corrected chi connectivity index (χ2v) is 7.15. The molecule has 0 atom stereocenters. The molecule has 0 radical (unpaired) electrons. The number of rotatable bonds is 8. The smallest absolute Gasteiger partial charge is 0.258 e. The van der Waals surface area contributed by atoms with Gasteiger partial charge >= 0.3 is 0 Å². The van der Waals surface area contributed by atoms with Crippen LogP contribution in [0.2, 0.25) is 0 Å². The van der Waals surface area contributed by atoms with Crippen molar-refractivity contribution in [2.24, 2.45) is 0 Å². The van der Waals surface area contributed by atoms with Crippen molar-refractivity contribution in [3.05, 3.63) is 24.3 Å². The summed E-state index contributed by atoms with van der Waals surface area (Å²) in [6.07, 6.45) is 1.80. The molecule has 1 heterocycles. The average Bonchev–Trinajstić information content (AvgIpc) is 3.09. The molecular formula is C15H22N2O5S. The van der Waals surface area contributed by atoms with Crippen molar-refractivity contribution >= 4 is 15.9 Å². The first-order chi connectivity index (χ1) is 11.0. The predicted molar refractivity (Wildman–Crippen MR) is 84.8 cm³/mol. The molecule has 7 nitrogen and oxygen atoms in total. The number of benzene rings is 1. The van der Waals surface area contributed by atoms with E-state index in [9.17, 15) is 13.2 Å². The van der Waals surface area contributed by atoms with E-state index in [-0.39, 0.29) is 17.4 Å². The van der Waals surface area contributed by atoms with Crippen LogP contribution in [0.5, 0.6) is 5.75 Å². The topological polar surface area (TPSA) is 84.9 Å². The van der Waals surface area contributed by atoms with Gasteiger partial charge in [0, 0.05) is 26.7 Å². The highest BCUT2D eigenvalue weighted by molar-refractivity contribution is 7.89. The Morgan fingerprint density at radius 1 is 1.22 bits per heavy atom. The van der Waals surface area contributed by atoms with E-state index in [1.807, 2.05) is 0 Å². The Bertz CT molecular complexity index is 609. The van der Waals surface area contributed by atoms with Gasteiger partial charge < -0.3 is 14.8 Å². The predicted octanol–water partition coefficient (Wildman–Crippen LogP) is 0.612. The van der Waals surface area contributed by atoms with Crippen molar-refractivity contribution < 1.29 is 22.7 Å². The molecule has 0 saturated carbocycles. The second kappa shape index (κ2) is 8.28. The highest BCUT2D eigenvalue weighted by Crippen LogP contribution is 2.22. The molecule has 1 fully saturated rings. The van der Waals surface area contributed by atoms with Crippen LogP contribution in [0.4, 0.5) is 0 Å². The number of nitrogens with zero attached hydrogens (tertiary/aromatic N) is 1. The van der Waals surface area contributed by atoms with Gasteiger partial charge in [-0.15, -0.1) is 0 Å². The molecular weight excluding hydrogens is 320 g/mol. The van der Waals surface area contributed by atoms with Crippen molar-refractivity contribution in [2.45, 2.75) is 17.7 Å². The van der Waals surface area contributed by atoms with Crippen LogP contribution in [0.15, 0.2) is 29.2 Å². The number of carbonyl (C=O) groups is 1. The SMILES string of the molecule is COCCNC(=O)COc1ccc(S(=O)(=O)N2CCCC2)cc1. The zero-order valence-corrected chi connectivity index (χ0v) is 14.0. The minimum atomic E-state index is -3.42. The van der Waals surface area contributed by atoms with Crippen molar-refractivity contribution in [3.63, 3.8) is 0 Å². The molecule has 1 aliphatic heterocycles. The highest BCUT2D eigenvalue weighted by atomic mass is 32.2. The van der Waals surface area contributed by atoms with Gasteiger partial charge in [0.05, 0.1) is 11.5 Å². The van der Waals surface area contributed by atoms with E-state index in [0.717, 1.165) is 12.8 Å². The van der Waals surface area contributed by atoms with E-state index in [1.165, 1.54) is 16.4 Å². The number of sulfonamides is 1. The van der Waals surface area contributed by atoms with Crippen LogP contribution in [-0.2, 0) is 19.6 Å². The Kier molecular flexibility index (Phi) is 6.37. The molecule has 8 heteroatoms. The molecule has 1 saturated heterocycles. The van der Waals surface area contributed by atoms with Crippen LogP contribution in [0.1, 0.15) is 12.8 Å². The van der Waals surface area contributed by atoms with E-state index in [1.54, 1.807) is 19.2 Å². The summed E-state index contributed by atoms with van der Waals surface area (Å²) in [4.78, 5) is 11.7. The average molecular weight is 342 g/mol. The van der Waals surface area contributed by atoms with Crippen molar-refractivity contribution in [3.8, 4) is 5.75 Å². The monoisotopic (exact) mass is 342 g/mol. The minimum absolute atomic E-state index is 0.123. The van der Waals surface area contributed by atoms with Crippen molar-refractivity contribution in [1.29, 1.82) is 0 Å². The summed E-state index contributed by atoms with van der Waals surface area (Å²) in [6, 6.07) is 6.13. The normalized spacial score (nSPS) is 15.5. The van der Waals surface area contributed by atoms with Gasteiger partial charge in [-0.3, -0.25) is 4.79 Å². The third-order valence-corrected chi connectivity index (χ3v) is 5.44. The Morgan fingerprint density at radius 2 is 1.87 bits per heavy atom. The zero-order valence-electron chi connectivity index (χ0n) is 13.2. The summed E-state index contributed by atoms with van der Waals surface area (Å²) in [5.74, 6) is 0.197. The molecule has 0 aliphatic carbocycles. The summed E-state index contributed by atoms with van der Waals surface area (Å²) >= 11 is 0. The van der Waals surface area contributed by atoms with E-state index in [4.69, 9.17) is 9.47 Å². The van der Waals surface area contributed by atoms with E-state index in [0.29, 0.717) is 32.0 Å². The number of hydrogen-bond donors (Lipinski definition) is 1. The van der Waals surface area contributed by atoms with Gasteiger partial charge in [-0.1, -0.05) is 0 Å². The fourth-order valence-electron chi connectivity index (χ4n) is 2.28. The van der Waals surface area contributed by atoms with Gasteiger partial charge in [0.2, 0.25) is 10.0 Å². The summed E-state index contributed by atoms with van der Waals surface area (Å²) < 4.78 is 36.4. The van der Waals surface area contributed by atoms with Gasteiger partial charge in [-0.05, 0) is 37.1 Å². The molecule has 1 aromatic carbocycles. The van der Waals surface area contributed by atoms with Crippen LogP contribution < -0.4 is 10.1 Å². The maximum Gasteiger partial charge on any atom is 0.258 e. The molecule has 1 aromatic rings. The number of amides is 1. The maximum atomic E-state index is 12.4. The lowest BCUT2D eigenvalue weighted by Gasteiger charge is -2.15. The Hall–Kier alpha value is -1.64. The molecule has 23 heavy (non-hydrogen) atoms. The van der Waals surface area contributed by atoms with Crippen molar-refractivity contribution in [1.82, 2.24) is 9.62 Å². The quantitative estimate of drug-likeness (QED) is 0.700. The van der Waals surface area contributed by atoms with Crippen LogP contribution in [-0.4, -0.2) is 58.6 Å². The highest BCUT2D eigenvalue weighted by Gasteiger charge is 2.26. The third kappa shape index (κ3) is 4.92. The largest absolute Gasteiger partial charge is 0.484 e. The van der Waals surface area contributed by atoms with E-state index >= 15 is 0 Å². The fraction of sp³-hybridized carbons (Fsp3) is 0.533. The number of methoxy groups -OCH3 is 1. The Labute approximate surface area is 136 Å². The maximum absolute atomic E-state index is 12.4. The molecule has 0 bridgehead atoms. The molecule has 0 unspecified atom stereocenters. The molecule has 0 spiro atoms. The van der Waals surface area contributed by atoms with Crippen LogP contribution >= 0.6 is 0 Å². The third-order valence-electron chi connectivity index (χ3n) is 3.52. The van der Waals surface area contributed by atoms with Gasteiger partial charge in [-0.2, -0.15) is 4.31 Å². The lowest BCUT2D eigenvalue weighted by molar-refractivity contribution is -0.123. The molecule has 0 aromatic heterocycles. The molecule has 128 valence electrons. The fourth-order valence-corrected chi connectivity index (χ4v) is 3.79. The molecule has 2 rings (SSSR count). The Morgan fingerprint density at radius 3 is 2.48 bits per heavy atom. The standard InChI is InChI=1S/C15H22N2O5S/c1-21-11-8-16-15(18)12-22-13-4-6-14(7-5-13)23(19,20)17-9-2-3-10-17/h4-7H,2-3,8-12H2,1H3,(H,16,18).